The van der Waals surface area contributed by atoms with Crippen LogP contribution < -0.4 is 24.6 Å². The first-order valence-corrected chi connectivity index (χ1v) is 13.2. The van der Waals surface area contributed by atoms with E-state index < -0.39 is 5.60 Å². The first kappa shape index (κ1) is 25.1. The third kappa shape index (κ3) is 5.01. The Morgan fingerprint density at radius 1 is 1.19 bits per heavy atom. The van der Waals surface area contributed by atoms with E-state index >= 15 is 0 Å². The van der Waals surface area contributed by atoms with Gasteiger partial charge in [-0.25, -0.2) is 4.98 Å². The van der Waals surface area contributed by atoms with Gasteiger partial charge in [0.1, 0.15) is 5.75 Å². The average Bonchev–Trinajstić information content (AvgIpc) is 3.41. The van der Waals surface area contributed by atoms with Crippen LogP contribution in [-0.2, 0) is 9.59 Å². The Hall–Kier alpha value is -3.56. The molecule has 10 heteroatoms. The molecule has 37 heavy (non-hydrogen) atoms. The molecule has 1 N–H and O–H groups in total. The summed E-state index contributed by atoms with van der Waals surface area (Å²) in [5.74, 6) is 2.15. The molecule has 2 aromatic rings. The number of carbonyl (C=O) groups is 2. The van der Waals surface area contributed by atoms with Crippen LogP contribution in [0.4, 0.5) is 23.1 Å². The van der Waals surface area contributed by atoms with E-state index in [-0.39, 0.29) is 17.9 Å². The van der Waals surface area contributed by atoms with Crippen molar-refractivity contribution in [2.24, 2.45) is 0 Å². The van der Waals surface area contributed by atoms with E-state index in [1.165, 1.54) is 0 Å². The highest BCUT2D eigenvalue weighted by Crippen LogP contribution is 2.41. The van der Waals surface area contributed by atoms with E-state index in [0.717, 1.165) is 50.1 Å². The topological polar surface area (TPSA) is 100 Å². The molecule has 5 rings (SSSR count). The highest BCUT2D eigenvalue weighted by Gasteiger charge is 2.45. The van der Waals surface area contributed by atoms with Gasteiger partial charge in [-0.3, -0.25) is 14.5 Å². The Morgan fingerprint density at radius 3 is 2.59 bits per heavy atom. The number of benzene rings is 1. The van der Waals surface area contributed by atoms with Crippen LogP contribution >= 0.6 is 0 Å². The van der Waals surface area contributed by atoms with E-state index in [1.54, 1.807) is 27.0 Å². The van der Waals surface area contributed by atoms with Gasteiger partial charge in [-0.15, -0.1) is 0 Å². The Kier molecular flexibility index (Phi) is 6.83. The number of nitrogens with zero attached hydrogens (tertiary/aromatic N) is 5. The van der Waals surface area contributed by atoms with Crippen molar-refractivity contribution in [3.8, 4) is 11.5 Å². The van der Waals surface area contributed by atoms with Crippen LogP contribution in [0.15, 0.2) is 24.4 Å². The number of amides is 2. The van der Waals surface area contributed by atoms with Crippen molar-refractivity contribution in [3.05, 3.63) is 24.4 Å². The smallest absolute Gasteiger partial charge is 0.272 e. The quantitative estimate of drug-likeness (QED) is 0.630. The number of piperazine rings is 1. The maximum absolute atomic E-state index is 13.3. The molecule has 2 aliphatic heterocycles. The molecule has 1 saturated carbocycles. The van der Waals surface area contributed by atoms with Crippen LogP contribution in [0.1, 0.15) is 53.4 Å². The summed E-state index contributed by atoms with van der Waals surface area (Å²) in [4.78, 5) is 40.2. The minimum absolute atomic E-state index is 0.0687. The molecule has 0 unspecified atom stereocenters. The fraction of sp³-hybridized carbons (Fsp3) is 0.556. The molecular weight excluding hydrogens is 472 g/mol. The highest BCUT2D eigenvalue weighted by atomic mass is 16.5. The lowest BCUT2D eigenvalue weighted by molar-refractivity contribution is -0.133. The van der Waals surface area contributed by atoms with Crippen molar-refractivity contribution >= 4 is 35.0 Å². The molecular formula is C27H36N6O4. The van der Waals surface area contributed by atoms with Gasteiger partial charge >= 0.3 is 0 Å². The Bertz CT molecular complexity index is 1170. The molecule has 0 radical (unpaired) electrons. The minimum atomic E-state index is -0.957. The van der Waals surface area contributed by atoms with Gasteiger partial charge in [0.15, 0.2) is 17.2 Å². The molecule has 3 heterocycles. The third-order valence-electron chi connectivity index (χ3n) is 7.35. The summed E-state index contributed by atoms with van der Waals surface area (Å²) in [6, 6.07) is 6.12. The Labute approximate surface area is 217 Å². The second kappa shape index (κ2) is 10.1. The number of fused-ring (bicyclic) bond motifs is 1. The summed E-state index contributed by atoms with van der Waals surface area (Å²) in [6.07, 6.45) is 5.78. The van der Waals surface area contributed by atoms with Crippen molar-refractivity contribution in [2.45, 2.75) is 65.0 Å². The molecule has 10 nitrogen and oxygen atoms in total. The lowest BCUT2D eigenvalue weighted by Crippen LogP contribution is -2.55. The largest absolute Gasteiger partial charge is 0.492 e. The van der Waals surface area contributed by atoms with Crippen molar-refractivity contribution < 1.29 is 19.1 Å². The van der Waals surface area contributed by atoms with Crippen LogP contribution in [-0.4, -0.2) is 71.1 Å². The molecule has 1 aromatic heterocycles. The molecule has 198 valence electrons. The van der Waals surface area contributed by atoms with E-state index in [1.807, 2.05) is 34.9 Å². The lowest BCUT2D eigenvalue weighted by Gasteiger charge is -2.40. The predicted molar refractivity (Wildman–Crippen MR) is 142 cm³/mol. The van der Waals surface area contributed by atoms with Crippen LogP contribution in [0.2, 0.25) is 0 Å². The SMILES string of the molecule is CCOc1cc(N2CCN(C(C)=O)CC2)ccc1Nc1ncc2c(n1)N(C1CCCC1)C(=O)C(C)(C)O2. The number of anilines is 4. The summed E-state index contributed by atoms with van der Waals surface area (Å²) in [5, 5.41) is 3.29. The molecule has 1 saturated heterocycles. The van der Waals surface area contributed by atoms with Crippen LogP contribution in [0.3, 0.4) is 0 Å². The second-order valence-electron chi connectivity index (χ2n) is 10.3. The zero-order valence-corrected chi connectivity index (χ0v) is 22.1. The standard InChI is InChI=1S/C27H36N6O4/c1-5-36-22-16-20(32-14-12-31(13-15-32)18(2)34)10-11-21(22)29-26-28-17-23-24(30-26)33(19-8-6-7-9-19)25(35)27(3,4)37-23/h10-11,16-17,19H,5-9,12-15H2,1-4H3,(H,28,29,30). The maximum Gasteiger partial charge on any atom is 0.272 e. The number of hydrogen-bond donors (Lipinski definition) is 1. The predicted octanol–water partition coefficient (Wildman–Crippen LogP) is 3.73. The molecule has 1 aromatic carbocycles. The van der Waals surface area contributed by atoms with Gasteiger partial charge in [-0.1, -0.05) is 12.8 Å². The van der Waals surface area contributed by atoms with Gasteiger partial charge in [0.2, 0.25) is 11.9 Å². The average molecular weight is 509 g/mol. The number of hydrogen-bond acceptors (Lipinski definition) is 8. The fourth-order valence-electron chi connectivity index (χ4n) is 5.36. The third-order valence-corrected chi connectivity index (χ3v) is 7.35. The van der Waals surface area contributed by atoms with E-state index in [0.29, 0.717) is 43.0 Å². The lowest BCUT2D eigenvalue weighted by atomic mass is 10.0. The number of nitrogens with one attached hydrogen (secondary N) is 1. The first-order valence-electron chi connectivity index (χ1n) is 13.2. The summed E-state index contributed by atoms with van der Waals surface area (Å²) < 4.78 is 12.0. The van der Waals surface area contributed by atoms with Crippen molar-refractivity contribution in [2.75, 3.05) is 47.9 Å². The summed E-state index contributed by atoms with van der Waals surface area (Å²) in [5.41, 5.74) is 0.822. The van der Waals surface area contributed by atoms with Crippen molar-refractivity contribution in [1.29, 1.82) is 0 Å². The monoisotopic (exact) mass is 508 g/mol. The zero-order valence-electron chi connectivity index (χ0n) is 22.1. The van der Waals surface area contributed by atoms with Gasteiger partial charge < -0.3 is 24.6 Å². The Balaban J connectivity index is 1.40. The van der Waals surface area contributed by atoms with Crippen LogP contribution in [0, 0.1) is 0 Å². The zero-order chi connectivity index (χ0) is 26.2. The van der Waals surface area contributed by atoms with Gasteiger partial charge in [0.25, 0.3) is 5.91 Å². The van der Waals surface area contributed by atoms with E-state index in [9.17, 15) is 9.59 Å². The number of rotatable bonds is 6. The van der Waals surface area contributed by atoms with E-state index in [4.69, 9.17) is 14.5 Å². The second-order valence-corrected chi connectivity index (χ2v) is 10.3. The van der Waals surface area contributed by atoms with Gasteiger partial charge in [-0.2, -0.15) is 4.98 Å². The molecule has 0 atom stereocenters. The Morgan fingerprint density at radius 2 is 1.92 bits per heavy atom. The van der Waals surface area contributed by atoms with Crippen molar-refractivity contribution in [3.63, 3.8) is 0 Å². The van der Waals surface area contributed by atoms with Gasteiger partial charge in [-0.05, 0) is 45.7 Å². The molecule has 1 aliphatic carbocycles. The first-order chi connectivity index (χ1) is 17.8. The number of ether oxygens (including phenoxy) is 2. The summed E-state index contributed by atoms with van der Waals surface area (Å²) >= 11 is 0. The number of aromatic nitrogens is 2. The van der Waals surface area contributed by atoms with Crippen LogP contribution in [0.5, 0.6) is 11.5 Å². The molecule has 2 fully saturated rings. The molecule has 3 aliphatic rings. The number of carbonyl (C=O) groups excluding carboxylic acids is 2. The minimum Gasteiger partial charge on any atom is -0.492 e. The molecule has 0 bridgehead atoms. The van der Waals surface area contributed by atoms with Crippen LogP contribution in [0.25, 0.3) is 0 Å². The van der Waals surface area contributed by atoms with Gasteiger partial charge in [0.05, 0.1) is 18.5 Å². The van der Waals surface area contributed by atoms with E-state index in [2.05, 4.69) is 15.2 Å². The normalized spacial score (nSPS) is 19.5. The van der Waals surface area contributed by atoms with Gasteiger partial charge in [0, 0.05) is 50.9 Å². The molecule has 2 amide bonds. The highest BCUT2D eigenvalue weighted by molar-refractivity contribution is 6.02. The molecule has 0 spiro atoms. The maximum atomic E-state index is 13.3. The fourth-order valence-corrected chi connectivity index (χ4v) is 5.36. The van der Waals surface area contributed by atoms with Crippen molar-refractivity contribution in [1.82, 2.24) is 14.9 Å². The summed E-state index contributed by atoms with van der Waals surface area (Å²) in [7, 11) is 0. The summed E-state index contributed by atoms with van der Waals surface area (Å²) in [6.45, 7) is 10.6.